The zero-order valence-corrected chi connectivity index (χ0v) is 16.4. The molecular weight excluding hydrogens is 402 g/mol. The highest BCUT2D eigenvalue weighted by Crippen LogP contribution is 2.21. The molecule has 0 saturated carbocycles. The first-order valence-electron chi connectivity index (χ1n) is 8.31. The number of carbonyl (C=O) groups is 2. The van der Waals surface area contributed by atoms with Crippen molar-refractivity contribution in [3.63, 3.8) is 0 Å². The van der Waals surface area contributed by atoms with Gasteiger partial charge in [0.25, 0.3) is 0 Å². The molecular formula is C18H16ClN5O3S. The van der Waals surface area contributed by atoms with Crippen LogP contribution in [-0.4, -0.2) is 44.4 Å². The number of benzene rings is 2. The van der Waals surface area contributed by atoms with Gasteiger partial charge in [-0.15, -0.1) is 5.10 Å². The number of rotatable bonds is 7. The quantitative estimate of drug-likeness (QED) is 0.465. The summed E-state index contributed by atoms with van der Waals surface area (Å²) in [6.45, 7) is 2.05. The summed E-state index contributed by atoms with van der Waals surface area (Å²) < 4.78 is 6.44. The molecule has 0 fully saturated rings. The van der Waals surface area contributed by atoms with Gasteiger partial charge in [-0.25, -0.2) is 4.79 Å². The molecule has 0 aliphatic heterocycles. The number of nitrogens with zero attached hydrogens (tertiary/aromatic N) is 4. The Kier molecular flexibility index (Phi) is 6.62. The van der Waals surface area contributed by atoms with Crippen molar-refractivity contribution in [3.8, 4) is 5.69 Å². The minimum absolute atomic E-state index is 0.112. The van der Waals surface area contributed by atoms with Gasteiger partial charge in [0, 0.05) is 10.7 Å². The molecule has 3 aromatic rings. The molecule has 0 saturated heterocycles. The van der Waals surface area contributed by atoms with Crippen LogP contribution in [0, 0.1) is 0 Å². The van der Waals surface area contributed by atoms with E-state index in [-0.39, 0.29) is 11.7 Å². The number of aromatic nitrogens is 4. The number of ether oxygens (including phenoxy) is 1. The van der Waals surface area contributed by atoms with Crippen LogP contribution in [0.15, 0.2) is 53.7 Å². The normalized spacial score (nSPS) is 10.5. The molecule has 0 radical (unpaired) electrons. The second kappa shape index (κ2) is 9.34. The summed E-state index contributed by atoms with van der Waals surface area (Å²) in [7, 11) is 0. The van der Waals surface area contributed by atoms with Crippen molar-refractivity contribution in [1.82, 2.24) is 20.2 Å². The van der Waals surface area contributed by atoms with E-state index in [1.165, 1.54) is 16.4 Å². The van der Waals surface area contributed by atoms with Gasteiger partial charge >= 0.3 is 5.97 Å². The lowest BCUT2D eigenvalue weighted by molar-refractivity contribution is -0.113. The third-order valence-corrected chi connectivity index (χ3v) is 4.66. The largest absolute Gasteiger partial charge is 0.462 e. The molecule has 0 aliphatic carbocycles. The van der Waals surface area contributed by atoms with E-state index >= 15 is 0 Å². The summed E-state index contributed by atoms with van der Waals surface area (Å²) in [6.07, 6.45) is 0. The monoisotopic (exact) mass is 417 g/mol. The van der Waals surface area contributed by atoms with Gasteiger partial charge in [0.1, 0.15) is 0 Å². The fourth-order valence-electron chi connectivity index (χ4n) is 2.27. The average Bonchev–Trinajstić information content (AvgIpc) is 3.16. The maximum absolute atomic E-state index is 12.2. The molecule has 0 unspecified atom stereocenters. The number of amides is 1. The predicted octanol–water partition coefficient (Wildman–Crippen LogP) is 3.22. The van der Waals surface area contributed by atoms with Crippen molar-refractivity contribution >= 4 is 40.9 Å². The average molecular weight is 418 g/mol. The fourth-order valence-corrected chi connectivity index (χ4v) is 3.15. The van der Waals surface area contributed by atoms with Crippen LogP contribution in [0.4, 0.5) is 5.69 Å². The van der Waals surface area contributed by atoms with E-state index in [1.54, 1.807) is 49.4 Å². The number of hydrogen-bond donors (Lipinski definition) is 1. The molecule has 28 heavy (non-hydrogen) atoms. The Labute approximate surface area is 170 Å². The second-order valence-electron chi connectivity index (χ2n) is 5.49. The Morgan fingerprint density at radius 1 is 1.21 bits per heavy atom. The summed E-state index contributed by atoms with van der Waals surface area (Å²) in [5.74, 6) is -0.515. The molecule has 0 aliphatic rings. The predicted molar refractivity (Wildman–Crippen MR) is 106 cm³/mol. The lowest BCUT2D eigenvalue weighted by atomic mass is 10.2. The summed E-state index contributed by atoms with van der Waals surface area (Å²) in [5, 5.41) is 15.3. The zero-order valence-electron chi connectivity index (χ0n) is 14.8. The molecule has 1 heterocycles. The van der Waals surface area contributed by atoms with Gasteiger partial charge in [0.2, 0.25) is 11.1 Å². The van der Waals surface area contributed by atoms with Crippen LogP contribution in [0.2, 0.25) is 5.02 Å². The topological polar surface area (TPSA) is 99.0 Å². The van der Waals surface area contributed by atoms with E-state index in [4.69, 9.17) is 16.3 Å². The number of hydrogen-bond acceptors (Lipinski definition) is 7. The first-order chi connectivity index (χ1) is 13.6. The Bertz CT molecular complexity index is 977. The minimum Gasteiger partial charge on any atom is -0.462 e. The molecule has 0 bridgehead atoms. The van der Waals surface area contributed by atoms with Crippen LogP contribution in [0.25, 0.3) is 5.69 Å². The Morgan fingerprint density at radius 3 is 2.71 bits per heavy atom. The maximum Gasteiger partial charge on any atom is 0.338 e. The van der Waals surface area contributed by atoms with Crippen molar-refractivity contribution in [2.24, 2.45) is 0 Å². The molecule has 1 N–H and O–H groups in total. The van der Waals surface area contributed by atoms with Crippen molar-refractivity contribution in [1.29, 1.82) is 0 Å². The van der Waals surface area contributed by atoms with Gasteiger partial charge in [0.15, 0.2) is 0 Å². The van der Waals surface area contributed by atoms with E-state index in [0.717, 1.165) is 0 Å². The molecule has 144 valence electrons. The van der Waals surface area contributed by atoms with Gasteiger partial charge in [-0.1, -0.05) is 29.4 Å². The van der Waals surface area contributed by atoms with E-state index in [2.05, 4.69) is 20.8 Å². The number of esters is 1. The number of anilines is 1. The van der Waals surface area contributed by atoms with Crippen LogP contribution < -0.4 is 5.32 Å². The first kappa shape index (κ1) is 19.8. The van der Waals surface area contributed by atoms with Crippen LogP contribution >= 0.6 is 23.4 Å². The summed E-state index contributed by atoms with van der Waals surface area (Å²) in [5.41, 5.74) is 1.71. The van der Waals surface area contributed by atoms with Crippen molar-refractivity contribution < 1.29 is 14.3 Å². The summed E-state index contributed by atoms with van der Waals surface area (Å²) in [4.78, 5) is 23.8. The minimum atomic E-state index is -0.399. The number of thioether (sulfide) groups is 1. The Balaban J connectivity index is 1.58. The van der Waals surface area contributed by atoms with Crippen LogP contribution in [0.3, 0.4) is 0 Å². The van der Waals surface area contributed by atoms with E-state index < -0.39 is 5.97 Å². The first-order valence-corrected chi connectivity index (χ1v) is 9.67. The number of tetrazole rings is 1. The zero-order chi connectivity index (χ0) is 19.9. The van der Waals surface area contributed by atoms with Crippen LogP contribution in [0.5, 0.6) is 0 Å². The molecule has 2 aromatic carbocycles. The third-order valence-electron chi connectivity index (χ3n) is 3.51. The highest BCUT2D eigenvalue weighted by atomic mass is 35.5. The number of nitrogens with one attached hydrogen (secondary N) is 1. The standard InChI is InChI=1S/C18H16ClN5O3S/c1-2-27-17(26)12-6-8-14(9-7-12)20-16(25)11-28-18-21-22-23-24(18)15-5-3-4-13(19)10-15/h3-10H,2,11H2,1H3,(H,20,25). The van der Waals surface area contributed by atoms with Crippen molar-refractivity contribution in [2.75, 3.05) is 17.7 Å². The third kappa shape index (κ3) is 5.08. The van der Waals surface area contributed by atoms with Gasteiger partial charge in [-0.2, -0.15) is 4.68 Å². The second-order valence-corrected chi connectivity index (χ2v) is 6.87. The van der Waals surface area contributed by atoms with E-state index in [1.807, 2.05) is 6.07 Å². The fraction of sp³-hybridized carbons (Fsp3) is 0.167. The lowest BCUT2D eigenvalue weighted by Crippen LogP contribution is -2.15. The smallest absolute Gasteiger partial charge is 0.338 e. The number of halogens is 1. The summed E-state index contributed by atoms with van der Waals surface area (Å²) in [6, 6.07) is 13.6. The highest BCUT2D eigenvalue weighted by Gasteiger charge is 2.12. The Hall–Kier alpha value is -2.91. The van der Waals surface area contributed by atoms with Crippen molar-refractivity contribution in [2.45, 2.75) is 12.1 Å². The van der Waals surface area contributed by atoms with Gasteiger partial charge in [0.05, 0.1) is 23.6 Å². The SMILES string of the molecule is CCOC(=O)c1ccc(NC(=O)CSc2nnnn2-c2cccc(Cl)c2)cc1. The molecule has 0 atom stereocenters. The van der Waals surface area contributed by atoms with Crippen molar-refractivity contribution in [3.05, 3.63) is 59.1 Å². The molecule has 1 aromatic heterocycles. The van der Waals surface area contributed by atoms with Gasteiger partial charge in [-0.3, -0.25) is 4.79 Å². The van der Waals surface area contributed by atoms with E-state index in [9.17, 15) is 9.59 Å². The molecule has 1 amide bonds. The van der Waals surface area contributed by atoms with Gasteiger partial charge in [-0.05, 0) is 59.8 Å². The maximum atomic E-state index is 12.2. The highest BCUT2D eigenvalue weighted by molar-refractivity contribution is 7.99. The summed E-state index contributed by atoms with van der Waals surface area (Å²) >= 11 is 7.19. The Morgan fingerprint density at radius 2 is 2.00 bits per heavy atom. The van der Waals surface area contributed by atoms with Gasteiger partial charge < -0.3 is 10.1 Å². The molecule has 10 heteroatoms. The van der Waals surface area contributed by atoms with Crippen LogP contribution in [0.1, 0.15) is 17.3 Å². The lowest BCUT2D eigenvalue weighted by Gasteiger charge is -2.07. The van der Waals surface area contributed by atoms with Crippen LogP contribution in [-0.2, 0) is 9.53 Å². The number of carbonyl (C=O) groups excluding carboxylic acids is 2. The molecule has 0 spiro atoms. The van der Waals surface area contributed by atoms with E-state index in [0.29, 0.717) is 33.7 Å². The molecule has 3 rings (SSSR count). The molecule has 8 nitrogen and oxygen atoms in total.